The molecule has 116 valence electrons. The molecule has 0 radical (unpaired) electrons. The first-order valence-electron chi connectivity index (χ1n) is 6.26. The van der Waals surface area contributed by atoms with Gasteiger partial charge in [-0.25, -0.2) is 13.6 Å². The van der Waals surface area contributed by atoms with Crippen LogP contribution < -0.4 is 20.5 Å². The standard InChI is InChI=1S/C12H17N3O5S/c1-19-10-3-2-8(21(13,17)18)6-9(10)15-12(16)11-7-14-4-5-20-11/h2-3,6,11,14H,4-5,7H2,1H3,(H,15,16)(H2,13,17,18). The molecule has 1 heterocycles. The third-order valence-corrected chi connectivity index (χ3v) is 3.89. The van der Waals surface area contributed by atoms with Gasteiger partial charge in [-0.1, -0.05) is 0 Å². The number of carbonyl (C=O) groups is 1. The van der Waals surface area contributed by atoms with Crippen molar-refractivity contribution in [1.82, 2.24) is 5.32 Å². The Morgan fingerprint density at radius 2 is 2.29 bits per heavy atom. The Bertz CT molecular complexity index is 626. The smallest absolute Gasteiger partial charge is 0.254 e. The molecule has 1 saturated heterocycles. The van der Waals surface area contributed by atoms with Gasteiger partial charge in [0.2, 0.25) is 10.0 Å². The van der Waals surface area contributed by atoms with Crippen LogP contribution in [0.2, 0.25) is 0 Å². The number of primary sulfonamides is 1. The second-order valence-electron chi connectivity index (χ2n) is 4.46. The number of hydrogen-bond donors (Lipinski definition) is 3. The van der Waals surface area contributed by atoms with Gasteiger partial charge in [-0.3, -0.25) is 4.79 Å². The molecule has 21 heavy (non-hydrogen) atoms. The van der Waals surface area contributed by atoms with Crippen molar-refractivity contribution in [2.45, 2.75) is 11.0 Å². The summed E-state index contributed by atoms with van der Waals surface area (Å²) in [5.74, 6) is -0.0495. The quantitative estimate of drug-likeness (QED) is 0.674. The van der Waals surface area contributed by atoms with Crippen LogP contribution in [0.5, 0.6) is 5.75 Å². The van der Waals surface area contributed by atoms with Crippen LogP contribution in [0.1, 0.15) is 0 Å². The zero-order chi connectivity index (χ0) is 15.5. The second-order valence-corrected chi connectivity index (χ2v) is 6.02. The highest BCUT2D eigenvalue weighted by molar-refractivity contribution is 7.89. The molecule has 1 aliphatic heterocycles. The highest BCUT2D eigenvalue weighted by Crippen LogP contribution is 2.27. The molecular weight excluding hydrogens is 298 g/mol. The van der Waals surface area contributed by atoms with Gasteiger partial charge in [-0.05, 0) is 18.2 Å². The topological polar surface area (TPSA) is 120 Å². The molecule has 0 bridgehead atoms. The molecule has 1 aromatic carbocycles. The number of sulfonamides is 1. The second kappa shape index (κ2) is 6.39. The first-order chi connectivity index (χ1) is 9.91. The number of nitrogens with one attached hydrogen (secondary N) is 2. The summed E-state index contributed by atoms with van der Waals surface area (Å²) in [6, 6.07) is 3.99. The van der Waals surface area contributed by atoms with Crippen LogP contribution in [0.15, 0.2) is 23.1 Å². The van der Waals surface area contributed by atoms with Crippen LogP contribution >= 0.6 is 0 Å². The summed E-state index contributed by atoms with van der Waals surface area (Å²) in [5.41, 5.74) is 0.225. The number of methoxy groups -OCH3 is 1. The molecule has 0 spiro atoms. The van der Waals surface area contributed by atoms with Gasteiger partial charge in [0.05, 0.1) is 24.3 Å². The molecule has 1 atom stereocenters. The molecule has 2 rings (SSSR count). The van der Waals surface area contributed by atoms with Crippen molar-refractivity contribution >= 4 is 21.6 Å². The lowest BCUT2D eigenvalue weighted by Crippen LogP contribution is -2.45. The van der Waals surface area contributed by atoms with Crippen molar-refractivity contribution in [2.75, 3.05) is 32.1 Å². The molecule has 9 heteroatoms. The highest BCUT2D eigenvalue weighted by atomic mass is 32.2. The van der Waals surface area contributed by atoms with Gasteiger partial charge < -0.3 is 20.1 Å². The summed E-state index contributed by atoms with van der Waals surface area (Å²) in [6.07, 6.45) is -0.637. The Morgan fingerprint density at radius 3 is 2.86 bits per heavy atom. The van der Waals surface area contributed by atoms with E-state index in [-0.39, 0.29) is 16.5 Å². The van der Waals surface area contributed by atoms with Crippen LogP contribution in [0.25, 0.3) is 0 Å². The third kappa shape index (κ3) is 3.91. The van der Waals surface area contributed by atoms with E-state index in [1.807, 2.05) is 0 Å². The average Bonchev–Trinajstić information content (AvgIpc) is 2.47. The fourth-order valence-corrected chi connectivity index (χ4v) is 2.45. The lowest BCUT2D eigenvalue weighted by atomic mass is 10.2. The van der Waals surface area contributed by atoms with Crippen molar-refractivity contribution in [3.05, 3.63) is 18.2 Å². The van der Waals surface area contributed by atoms with Gasteiger partial charge in [-0.2, -0.15) is 0 Å². The van der Waals surface area contributed by atoms with Crippen molar-refractivity contribution < 1.29 is 22.7 Å². The Labute approximate surface area is 122 Å². The number of morpholine rings is 1. The minimum absolute atomic E-state index is 0.110. The molecule has 1 fully saturated rings. The van der Waals surface area contributed by atoms with Crippen molar-refractivity contribution in [3.8, 4) is 5.75 Å². The molecule has 0 aromatic heterocycles. The summed E-state index contributed by atoms with van der Waals surface area (Å²) >= 11 is 0. The molecule has 0 saturated carbocycles. The van der Waals surface area contributed by atoms with Crippen LogP contribution in [0.4, 0.5) is 5.69 Å². The van der Waals surface area contributed by atoms with E-state index < -0.39 is 16.1 Å². The Morgan fingerprint density at radius 1 is 1.52 bits per heavy atom. The van der Waals surface area contributed by atoms with Crippen LogP contribution in [-0.2, 0) is 19.6 Å². The molecule has 1 amide bonds. The summed E-state index contributed by atoms with van der Waals surface area (Å²) in [4.78, 5) is 12.0. The molecule has 1 unspecified atom stereocenters. The van der Waals surface area contributed by atoms with Crippen LogP contribution in [0, 0.1) is 0 Å². The maximum Gasteiger partial charge on any atom is 0.254 e. The average molecular weight is 315 g/mol. The molecular formula is C12H17N3O5S. The SMILES string of the molecule is COc1ccc(S(N)(=O)=O)cc1NC(=O)C1CNCCO1. The minimum Gasteiger partial charge on any atom is -0.495 e. The monoisotopic (exact) mass is 315 g/mol. The van der Waals surface area contributed by atoms with Gasteiger partial charge in [0.25, 0.3) is 5.91 Å². The fraction of sp³-hybridized carbons (Fsp3) is 0.417. The van der Waals surface area contributed by atoms with Gasteiger partial charge in [0.15, 0.2) is 0 Å². The lowest BCUT2D eigenvalue weighted by molar-refractivity contribution is -0.128. The number of anilines is 1. The van der Waals surface area contributed by atoms with Gasteiger partial charge in [0, 0.05) is 13.1 Å². The van der Waals surface area contributed by atoms with E-state index in [2.05, 4.69) is 10.6 Å². The number of nitrogens with two attached hydrogens (primary N) is 1. The zero-order valence-electron chi connectivity index (χ0n) is 11.5. The number of carbonyl (C=O) groups excluding carboxylic acids is 1. The Hall–Kier alpha value is -1.68. The van der Waals surface area contributed by atoms with E-state index >= 15 is 0 Å². The molecule has 4 N–H and O–H groups in total. The Balaban J connectivity index is 2.22. The van der Waals surface area contributed by atoms with E-state index in [1.54, 1.807) is 0 Å². The van der Waals surface area contributed by atoms with Crippen molar-refractivity contribution in [3.63, 3.8) is 0 Å². The number of hydrogen-bond acceptors (Lipinski definition) is 6. The normalized spacial score (nSPS) is 19.0. The minimum atomic E-state index is -3.86. The van der Waals surface area contributed by atoms with Gasteiger partial charge in [0.1, 0.15) is 11.9 Å². The van der Waals surface area contributed by atoms with Gasteiger partial charge in [-0.15, -0.1) is 0 Å². The molecule has 1 aromatic rings. The number of ether oxygens (including phenoxy) is 2. The van der Waals surface area contributed by atoms with E-state index in [1.165, 1.54) is 25.3 Å². The molecule has 0 aliphatic carbocycles. The summed E-state index contributed by atoms with van der Waals surface area (Å²) in [5, 5.41) is 10.7. The maximum atomic E-state index is 12.1. The maximum absolute atomic E-state index is 12.1. The summed E-state index contributed by atoms with van der Waals surface area (Å²) in [6.45, 7) is 1.52. The number of amides is 1. The largest absolute Gasteiger partial charge is 0.495 e. The highest BCUT2D eigenvalue weighted by Gasteiger charge is 2.23. The lowest BCUT2D eigenvalue weighted by Gasteiger charge is -2.23. The van der Waals surface area contributed by atoms with E-state index in [9.17, 15) is 13.2 Å². The van der Waals surface area contributed by atoms with E-state index in [0.717, 1.165) is 0 Å². The van der Waals surface area contributed by atoms with Crippen molar-refractivity contribution in [1.29, 1.82) is 0 Å². The Kier molecular flexibility index (Phi) is 4.78. The number of benzene rings is 1. The predicted molar refractivity (Wildman–Crippen MR) is 75.6 cm³/mol. The van der Waals surface area contributed by atoms with E-state index in [4.69, 9.17) is 14.6 Å². The van der Waals surface area contributed by atoms with Crippen molar-refractivity contribution in [2.24, 2.45) is 5.14 Å². The summed E-state index contributed by atoms with van der Waals surface area (Å²) < 4.78 is 33.1. The number of rotatable bonds is 4. The van der Waals surface area contributed by atoms with Gasteiger partial charge >= 0.3 is 0 Å². The molecule has 8 nitrogen and oxygen atoms in total. The summed E-state index contributed by atoms with van der Waals surface area (Å²) in [7, 11) is -2.44. The zero-order valence-corrected chi connectivity index (χ0v) is 12.3. The first-order valence-corrected chi connectivity index (χ1v) is 7.80. The first kappa shape index (κ1) is 15.7. The predicted octanol–water partition coefficient (Wildman–Crippen LogP) is -0.730. The van der Waals surface area contributed by atoms with Crippen LogP contribution in [0.3, 0.4) is 0 Å². The third-order valence-electron chi connectivity index (χ3n) is 2.98. The fourth-order valence-electron chi connectivity index (χ4n) is 1.91. The van der Waals surface area contributed by atoms with Crippen LogP contribution in [-0.4, -0.2) is 47.2 Å². The molecule has 1 aliphatic rings. The van der Waals surface area contributed by atoms with E-state index in [0.29, 0.717) is 25.4 Å².